The van der Waals surface area contributed by atoms with Crippen LogP contribution in [0.1, 0.15) is 139 Å². The van der Waals surface area contributed by atoms with E-state index >= 15 is 0 Å². The van der Waals surface area contributed by atoms with Gasteiger partial charge in [0.15, 0.2) is 0 Å². The molecule has 3 aromatic carbocycles. The molecular weight excluding hydrogens is 773 g/mol. The van der Waals surface area contributed by atoms with Crippen molar-refractivity contribution in [2.45, 2.75) is 125 Å². The first-order valence-electron chi connectivity index (χ1n) is 24.1. The highest BCUT2D eigenvalue weighted by Gasteiger charge is 2.59. The topological polar surface area (TPSA) is 80.3 Å². The van der Waals surface area contributed by atoms with Gasteiger partial charge in [-0.15, -0.1) is 0 Å². The van der Waals surface area contributed by atoms with Gasteiger partial charge in [0.25, 0.3) is 0 Å². The van der Waals surface area contributed by atoms with E-state index in [0.29, 0.717) is 47.9 Å². The second-order valence-corrected chi connectivity index (χ2v) is 20.8. The van der Waals surface area contributed by atoms with Crippen LogP contribution >= 0.6 is 0 Å². The fourth-order valence-corrected chi connectivity index (χ4v) is 12.6. The summed E-state index contributed by atoms with van der Waals surface area (Å²) in [6.07, 6.45) is 17.4. The van der Waals surface area contributed by atoms with E-state index in [-0.39, 0.29) is 22.9 Å². The molecule has 7 heteroatoms. The number of rotatable bonds is 17. The molecule has 4 fully saturated rings. The fourth-order valence-electron chi connectivity index (χ4n) is 12.6. The molecule has 0 N–H and O–H groups in total. The zero-order valence-corrected chi connectivity index (χ0v) is 38.4. The number of carbonyl (C=O) groups excluding carboxylic acids is 2. The largest absolute Gasteiger partial charge is 0.491 e. The van der Waals surface area contributed by atoms with E-state index in [9.17, 15) is 9.59 Å². The van der Waals surface area contributed by atoms with Crippen molar-refractivity contribution >= 4 is 11.9 Å². The Kier molecular flexibility index (Phi) is 13.7. The Balaban J connectivity index is 0.793. The van der Waals surface area contributed by atoms with Crippen molar-refractivity contribution < 1.29 is 33.3 Å². The number of hydrogen-bond donors (Lipinski definition) is 0. The maximum atomic E-state index is 13.5. The smallest absolute Gasteiger partial charge is 0.343 e. The van der Waals surface area contributed by atoms with Gasteiger partial charge in [0, 0.05) is 11.8 Å². The molecule has 62 heavy (non-hydrogen) atoms. The molecule has 5 aliphatic rings. The highest BCUT2D eigenvalue weighted by molar-refractivity contribution is 5.91. The molecule has 1 aliphatic heterocycles. The molecule has 1 heterocycles. The summed E-state index contributed by atoms with van der Waals surface area (Å²) < 4.78 is 28.8. The molecule has 8 atom stereocenters. The Hall–Kier alpha value is -3.94. The van der Waals surface area contributed by atoms with Crippen LogP contribution in [-0.2, 0) is 14.2 Å². The third-order valence-corrected chi connectivity index (χ3v) is 16.6. The number of hydrogen-bond acceptors (Lipinski definition) is 7. The van der Waals surface area contributed by atoms with Gasteiger partial charge in [-0.2, -0.15) is 0 Å². The number of esters is 2. The van der Waals surface area contributed by atoms with Crippen molar-refractivity contribution in [2.24, 2.45) is 51.8 Å². The summed E-state index contributed by atoms with van der Waals surface area (Å²) in [7, 11) is 0. The predicted octanol–water partition coefficient (Wildman–Crippen LogP) is 13.0. The number of ether oxygens (including phenoxy) is 5. The van der Waals surface area contributed by atoms with E-state index in [2.05, 4.69) is 47.6 Å². The van der Waals surface area contributed by atoms with Gasteiger partial charge in [0.2, 0.25) is 0 Å². The normalized spacial score (nSPS) is 29.0. The van der Waals surface area contributed by atoms with E-state index in [1.165, 1.54) is 51.4 Å². The lowest BCUT2D eigenvalue weighted by Gasteiger charge is -2.58. The maximum Gasteiger partial charge on any atom is 0.343 e. The lowest BCUT2D eigenvalue weighted by molar-refractivity contribution is -0.151. The molecule has 0 aromatic heterocycles. The summed E-state index contributed by atoms with van der Waals surface area (Å²) in [5, 5.41) is 0. The van der Waals surface area contributed by atoms with E-state index in [0.717, 1.165) is 85.5 Å². The second-order valence-electron chi connectivity index (χ2n) is 20.8. The summed E-state index contributed by atoms with van der Waals surface area (Å²) in [5.41, 5.74) is 5.36. The van der Waals surface area contributed by atoms with Crippen LogP contribution in [0.5, 0.6) is 11.5 Å². The zero-order chi connectivity index (χ0) is 43.5. The van der Waals surface area contributed by atoms with Gasteiger partial charge in [0.05, 0.1) is 37.6 Å². The highest BCUT2D eigenvalue weighted by Crippen LogP contribution is 2.67. The van der Waals surface area contributed by atoms with Crippen LogP contribution in [0, 0.1) is 51.8 Å². The third-order valence-electron chi connectivity index (χ3n) is 16.6. The quantitative estimate of drug-likeness (QED) is 0.0579. The summed E-state index contributed by atoms with van der Waals surface area (Å²) in [5.74, 6) is 5.35. The SMILES string of the molecule is CCC1(COCCOc2ccc(C(=O)Oc3ccc(-c4ccc(C(=O)OC5CCC6(C)C(=CCC7C6CCC6(C)C(C(C)CCCC(C)C)CCC76)C5)cc4)cc3)cc2)COC1. The Labute approximate surface area is 371 Å². The summed E-state index contributed by atoms with van der Waals surface area (Å²) >= 11 is 0. The second kappa shape index (κ2) is 19.0. The lowest BCUT2D eigenvalue weighted by atomic mass is 9.47. The first-order valence-corrected chi connectivity index (χ1v) is 24.1. The minimum Gasteiger partial charge on any atom is -0.491 e. The molecule has 4 aliphatic carbocycles. The van der Waals surface area contributed by atoms with Crippen molar-refractivity contribution in [3.05, 3.63) is 95.6 Å². The van der Waals surface area contributed by atoms with E-state index in [4.69, 9.17) is 23.7 Å². The van der Waals surface area contributed by atoms with Crippen molar-refractivity contribution in [2.75, 3.05) is 33.0 Å². The molecule has 3 aromatic rings. The van der Waals surface area contributed by atoms with Crippen molar-refractivity contribution in [1.29, 1.82) is 0 Å². The van der Waals surface area contributed by atoms with Crippen LogP contribution in [0.3, 0.4) is 0 Å². The predicted molar refractivity (Wildman–Crippen MR) is 245 cm³/mol. The monoisotopic (exact) mass is 845 g/mol. The van der Waals surface area contributed by atoms with Gasteiger partial charge in [-0.25, -0.2) is 9.59 Å². The van der Waals surface area contributed by atoms with E-state index in [1.54, 1.807) is 42.0 Å². The van der Waals surface area contributed by atoms with E-state index < -0.39 is 5.97 Å². The Bertz CT molecular complexity index is 2010. The summed E-state index contributed by atoms with van der Waals surface area (Å²) in [4.78, 5) is 26.4. The molecule has 0 radical (unpaired) electrons. The van der Waals surface area contributed by atoms with E-state index in [1.807, 2.05) is 36.4 Å². The highest BCUT2D eigenvalue weighted by atomic mass is 16.5. The molecule has 0 amide bonds. The van der Waals surface area contributed by atoms with Gasteiger partial charge in [-0.3, -0.25) is 0 Å². The van der Waals surface area contributed by atoms with Gasteiger partial charge in [0.1, 0.15) is 24.2 Å². The molecule has 334 valence electrons. The minimum atomic E-state index is -0.439. The molecule has 1 saturated heterocycles. The molecule has 8 rings (SSSR count). The average Bonchev–Trinajstić information content (AvgIpc) is 3.62. The van der Waals surface area contributed by atoms with Crippen LogP contribution in [0.15, 0.2) is 84.4 Å². The fraction of sp³-hybridized carbons (Fsp3) is 0.600. The number of allylic oxidation sites excluding steroid dienone is 1. The Morgan fingerprint density at radius 2 is 1.44 bits per heavy atom. The first kappa shape index (κ1) is 44.7. The summed E-state index contributed by atoms with van der Waals surface area (Å²) in [6.45, 7) is 17.8. The number of carbonyl (C=O) groups is 2. The molecule has 0 spiro atoms. The van der Waals surface area contributed by atoms with Crippen LogP contribution in [0.2, 0.25) is 0 Å². The van der Waals surface area contributed by atoms with Crippen molar-refractivity contribution in [1.82, 2.24) is 0 Å². The molecule has 8 unspecified atom stereocenters. The van der Waals surface area contributed by atoms with Crippen LogP contribution < -0.4 is 9.47 Å². The number of benzene rings is 3. The van der Waals surface area contributed by atoms with Gasteiger partial charge in [-0.1, -0.05) is 96.7 Å². The average molecular weight is 845 g/mol. The van der Waals surface area contributed by atoms with Gasteiger partial charge < -0.3 is 23.7 Å². The van der Waals surface area contributed by atoms with Crippen LogP contribution in [-0.4, -0.2) is 51.1 Å². The number of fused-ring (bicyclic) bond motifs is 5. The third kappa shape index (κ3) is 9.46. The molecule has 0 bridgehead atoms. The van der Waals surface area contributed by atoms with Gasteiger partial charge in [-0.05, 0) is 157 Å². The zero-order valence-electron chi connectivity index (χ0n) is 38.4. The van der Waals surface area contributed by atoms with Gasteiger partial charge >= 0.3 is 11.9 Å². The molecule has 3 saturated carbocycles. The maximum absolute atomic E-state index is 13.5. The van der Waals surface area contributed by atoms with Crippen LogP contribution in [0.4, 0.5) is 0 Å². The standard InChI is InChI=1S/C55H72O7/c1-7-55(35-59-36-55)34-58-31-32-60-44-20-17-42(18-21-44)51(56)61-45-22-15-40(16-23-45)39-11-13-41(14-12-39)52(57)62-46-27-29-53(5)43(33-46)19-24-47-49-26-25-48(38(4)10-8-9-37(2)3)54(49,6)30-28-50(47)53/h11-23,37-38,46-50H,7-10,24-36H2,1-6H3. The molecular formula is C55H72O7. The summed E-state index contributed by atoms with van der Waals surface area (Å²) in [6, 6.07) is 22.0. The Morgan fingerprint density at radius 3 is 2.11 bits per heavy atom. The minimum absolute atomic E-state index is 0.0765. The van der Waals surface area contributed by atoms with Crippen LogP contribution in [0.25, 0.3) is 11.1 Å². The first-order chi connectivity index (χ1) is 29.9. The Morgan fingerprint density at radius 1 is 0.758 bits per heavy atom. The lowest BCUT2D eigenvalue weighted by Crippen LogP contribution is -2.51. The molecule has 7 nitrogen and oxygen atoms in total. The van der Waals surface area contributed by atoms with Crippen molar-refractivity contribution in [3.8, 4) is 22.6 Å². The van der Waals surface area contributed by atoms with Crippen molar-refractivity contribution in [3.63, 3.8) is 0 Å².